The van der Waals surface area contributed by atoms with Gasteiger partial charge >= 0.3 is 6.09 Å². The van der Waals surface area contributed by atoms with Crippen molar-refractivity contribution in [1.82, 2.24) is 25.3 Å². The van der Waals surface area contributed by atoms with Crippen LogP contribution in [-0.2, 0) is 15.1 Å². The van der Waals surface area contributed by atoms with Crippen molar-refractivity contribution in [2.24, 2.45) is 5.92 Å². The first kappa shape index (κ1) is 25.1. The van der Waals surface area contributed by atoms with Crippen LogP contribution in [0.5, 0.6) is 0 Å². The van der Waals surface area contributed by atoms with E-state index in [1.807, 2.05) is 10.7 Å². The Bertz CT molecular complexity index is 876. The van der Waals surface area contributed by atoms with Gasteiger partial charge in [-0.3, -0.25) is 14.3 Å². The van der Waals surface area contributed by atoms with Crippen molar-refractivity contribution in [3.05, 3.63) is 17.5 Å². The van der Waals surface area contributed by atoms with E-state index >= 15 is 0 Å². The Morgan fingerprint density at radius 3 is 2.33 bits per heavy atom. The predicted molar refractivity (Wildman–Crippen MR) is 125 cm³/mol. The Balaban J connectivity index is 1.52. The Morgan fingerprint density at radius 1 is 1.06 bits per heavy atom. The number of ether oxygens (including phenoxy) is 1. The Hall–Kier alpha value is -2.58. The minimum atomic E-state index is -0.562. The first-order valence-electron chi connectivity index (χ1n) is 12.0. The summed E-state index contributed by atoms with van der Waals surface area (Å²) in [7, 11) is 0. The molecule has 3 amide bonds. The molecule has 1 aliphatic carbocycles. The lowest BCUT2D eigenvalue weighted by molar-refractivity contribution is -0.126. The lowest BCUT2D eigenvalue weighted by Gasteiger charge is -2.31. The van der Waals surface area contributed by atoms with Gasteiger partial charge in [-0.15, -0.1) is 0 Å². The summed E-state index contributed by atoms with van der Waals surface area (Å²) in [6, 6.07) is 1.94. The zero-order valence-corrected chi connectivity index (χ0v) is 20.9. The van der Waals surface area contributed by atoms with Gasteiger partial charge in [0.15, 0.2) is 5.69 Å². The molecule has 2 heterocycles. The van der Waals surface area contributed by atoms with Gasteiger partial charge in [0, 0.05) is 37.8 Å². The zero-order valence-electron chi connectivity index (χ0n) is 20.9. The molecule has 1 saturated heterocycles. The summed E-state index contributed by atoms with van der Waals surface area (Å²) in [5, 5.41) is 10.2. The van der Waals surface area contributed by atoms with E-state index in [1.54, 1.807) is 25.7 Å². The van der Waals surface area contributed by atoms with E-state index in [4.69, 9.17) is 4.74 Å². The summed E-state index contributed by atoms with van der Waals surface area (Å²) in [4.78, 5) is 39.3. The molecule has 0 aromatic carbocycles. The van der Waals surface area contributed by atoms with Crippen molar-refractivity contribution in [3.8, 4) is 0 Å². The fourth-order valence-electron chi connectivity index (χ4n) is 4.05. The lowest BCUT2D eigenvalue weighted by atomic mass is 9.97. The molecule has 2 aliphatic rings. The van der Waals surface area contributed by atoms with Crippen molar-refractivity contribution < 1.29 is 19.1 Å². The van der Waals surface area contributed by atoms with Crippen LogP contribution >= 0.6 is 0 Å². The van der Waals surface area contributed by atoms with Crippen molar-refractivity contribution in [3.63, 3.8) is 0 Å². The van der Waals surface area contributed by atoms with E-state index in [1.165, 1.54) is 0 Å². The molecule has 0 spiro atoms. The highest BCUT2D eigenvalue weighted by molar-refractivity contribution is 5.93. The largest absolute Gasteiger partial charge is 0.444 e. The van der Waals surface area contributed by atoms with Gasteiger partial charge in [0.2, 0.25) is 5.91 Å². The van der Waals surface area contributed by atoms with Gasteiger partial charge in [-0.2, -0.15) is 5.10 Å². The Kier molecular flexibility index (Phi) is 7.39. The number of carbonyl (C=O) groups excluding carboxylic acids is 3. The van der Waals surface area contributed by atoms with Gasteiger partial charge in [0.05, 0.1) is 11.5 Å². The number of rotatable bonds is 6. The molecule has 0 bridgehead atoms. The van der Waals surface area contributed by atoms with E-state index in [9.17, 15) is 14.4 Å². The van der Waals surface area contributed by atoms with Crippen LogP contribution in [0, 0.1) is 5.92 Å². The number of nitrogens with one attached hydrogen (secondary N) is 2. The second-order valence-electron chi connectivity index (χ2n) is 11.1. The first-order chi connectivity index (χ1) is 15.3. The minimum absolute atomic E-state index is 0.0996. The first-order valence-corrected chi connectivity index (χ1v) is 12.0. The molecule has 3 rings (SSSR count). The number of alkyl carbamates (subject to hydrolysis) is 1. The van der Waals surface area contributed by atoms with Crippen LogP contribution in [0.2, 0.25) is 0 Å². The maximum Gasteiger partial charge on any atom is 0.407 e. The number of hydrogen-bond donors (Lipinski definition) is 2. The molecule has 184 valence electrons. The number of nitrogens with zero attached hydrogens (tertiary/aromatic N) is 3. The number of likely N-dealkylation sites (tertiary alicyclic amines) is 1. The molecule has 2 fully saturated rings. The number of hydrogen-bond acceptors (Lipinski definition) is 5. The molecule has 1 unspecified atom stereocenters. The number of carbonyl (C=O) groups is 3. The minimum Gasteiger partial charge on any atom is -0.444 e. The standard InChI is InChI=1S/C24H39N5O4/c1-23(2,3)29-19(16-9-10-16)14-18(27-29)21(31)28-13-7-8-17(15-28)20(30)25-11-12-26-22(32)33-24(4,5)6/h14,16-17H,7-13,15H2,1-6H3,(H,25,30)(H,26,32). The number of amides is 3. The van der Waals surface area contributed by atoms with E-state index in [2.05, 4.69) is 36.5 Å². The predicted octanol–water partition coefficient (Wildman–Crippen LogP) is 3.01. The topological polar surface area (TPSA) is 106 Å². The quantitative estimate of drug-likeness (QED) is 0.634. The average molecular weight is 462 g/mol. The molecule has 9 nitrogen and oxygen atoms in total. The highest BCUT2D eigenvalue weighted by Gasteiger charge is 2.35. The lowest BCUT2D eigenvalue weighted by Crippen LogP contribution is -2.46. The summed E-state index contributed by atoms with van der Waals surface area (Å²) in [5.41, 5.74) is 0.853. The fourth-order valence-corrected chi connectivity index (χ4v) is 4.05. The fraction of sp³-hybridized carbons (Fsp3) is 0.750. The highest BCUT2D eigenvalue weighted by Crippen LogP contribution is 2.41. The maximum absolute atomic E-state index is 13.2. The number of aromatic nitrogens is 2. The van der Waals surface area contributed by atoms with Crippen molar-refractivity contribution >= 4 is 17.9 Å². The molecular formula is C24H39N5O4. The van der Waals surface area contributed by atoms with Crippen molar-refractivity contribution in [1.29, 1.82) is 0 Å². The van der Waals surface area contributed by atoms with Crippen LogP contribution in [-0.4, -0.2) is 64.4 Å². The molecule has 0 radical (unpaired) electrons. The maximum atomic E-state index is 13.2. The van der Waals surface area contributed by atoms with Crippen LogP contribution in [0.3, 0.4) is 0 Å². The van der Waals surface area contributed by atoms with Crippen LogP contribution in [0.1, 0.15) is 89.3 Å². The molecule has 1 aromatic rings. The van der Waals surface area contributed by atoms with Gasteiger partial charge in [-0.25, -0.2) is 4.79 Å². The second kappa shape index (κ2) is 9.73. The molecule has 9 heteroatoms. The number of piperidine rings is 1. The van der Waals surface area contributed by atoms with Crippen molar-refractivity contribution in [2.75, 3.05) is 26.2 Å². The van der Waals surface area contributed by atoms with Gasteiger partial charge < -0.3 is 20.3 Å². The second-order valence-corrected chi connectivity index (χ2v) is 11.1. The smallest absolute Gasteiger partial charge is 0.407 e. The third-order valence-corrected chi connectivity index (χ3v) is 5.76. The van der Waals surface area contributed by atoms with Crippen LogP contribution < -0.4 is 10.6 Å². The molecule has 1 saturated carbocycles. The summed E-state index contributed by atoms with van der Waals surface area (Å²) in [6.07, 6.45) is 3.29. The van der Waals surface area contributed by atoms with Crippen molar-refractivity contribution in [2.45, 2.75) is 84.3 Å². The zero-order chi connectivity index (χ0) is 24.4. The van der Waals surface area contributed by atoms with Crippen LogP contribution in [0.4, 0.5) is 4.79 Å². The van der Waals surface area contributed by atoms with Crippen LogP contribution in [0.25, 0.3) is 0 Å². The van der Waals surface area contributed by atoms with Gasteiger partial charge in [0.1, 0.15) is 5.60 Å². The normalized spacial score (nSPS) is 19.2. The third-order valence-electron chi connectivity index (χ3n) is 5.76. The summed E-state index contributed by atoms with van der Waals surface area (Å²) < 4.78 is 7.17. The van der Waals surface area contributed by atoms with E-state index in [0.29, 0.717) is 31.2 Å². The molecule has 1 atom stereocenters. The van der Waals surface area contributed by atoms with Gasteiger partial charge in [0.25, 0.3) is 5.91 Å². The van der Waals surface area contributed by atoms with Gasteiger partial charge in [-0.05, 0) is 73.3 Å². The van der Waals surface area contributed by atoms with E-state index in [-0.39, 0.29) is 29.8 Å². The average Bonchev–Trinajstić information content (AvgIpc) is 3.46. The summed E-state index contributed by atoms with van der Waals surface area (Å²) in [5.74, 6) is 0.0191. The highest BCUT2D eigenvalue weighted by atomic mass is 16.6. The monoisotopic (exact) mass is 461 g/mol. The van der Waals surface area contributed by atoms with E-state index in [0.717, 1.165) is 31.4 Å². The molecule has 1 aromatic heterocycles. The SMILES string of the molecule is CC(C)(C)OC(=O)NCCNC(=O)C1CCCN(C(=O)c2cc(C3CC3)n(C(C)(C)C)n2)C1. The molecule has 1 aliphatic heterocycles. The third kappa shape index (κ3) is 6.95. The molecule has 2 N–H and O–H groups in total. The van der Waals surface area contributed by atoms with Gasteiger partial charge in [-0.1, -0.05) is 0 Å². The Labute approximate surface area is 196 Å². The van der Waals surface area contributed by atoms with E-state index < -0.39 is 11.7 Å². The summed E-state index contributed by atoms with van der Waals surface area (Å²) >= 11 is 0. The molecule has 33 heavy (non-hydrogen) atoms. The van der Waals surface area contributed by atoms with Crippen LogP contribution in [0.15, 0.2) is 6.07 Å². The summed E-state index contributed by atoms with van der Waals surface area (Å²) in [6.45, 7) is 13.3. The Morgan fingerprint density at radius 2 is 1.73 bits per heavy atom. The molecular weight excluding hydrogens is 422 g/mol.